The molecule has 12 nitrogen and oxygen atoms in total. The largest absolute Gasteiger partial charge is 0.494 e. The Hall–Kier alpha value is -2.61. The highest BCUT2D eigenvalue weighted by Crippen LogP contribution is 2.42. The molecule has 1 aromatic carbocycles. The highest BCUT2D eigenvalue weighted by Gasteiger charge is 2.60. The molecule has 3 aliphatic heterocycles. The summed E-state index contributed by atoms with van der Waals surface area (Å²) in [4.78, 5) is 24.1. The Kier molecular flexibility index (Phi) is 7.62. The van der Waals surface area contributed by atoms with E-state index >= 15 is 0 Å². The second-order valence-electron chi connectivity index (χ2n) is 10.1. The van der Waals surface area contributed by atoms with Crippen molar-refractivity contribution in [1.82, 2.24) is 0 Å². The zero-order valence-corrected chi connectivity index (χ0v) is 21.5. The van der Waals surface area contributed by atoms with Crippen LogP contribution in [0.25, 0.3) is 0 Å². The third-order valence-electron chi connectivity index (χ3n) is 6.22. The maximum Gasteiger partial charge on any atom is 0.336 e. The van der Waals surface area contributed by atoms with Crippen molar-refractivity contribution in [1.29, 1.82) is 0 Å². The first-order valence-corrected chi connectivity index (χ1v) is 12.1. The number of nitrogens with zero attached hydrogens (tertiary/aromatic N) is 1. The fraction of sp³-hybridized carbons (Fsp3) is 0.640. The minimum Gasteiger partial charge on any atom is -0.494 e. The lowest BCUT2D eigenvalue weighted by Gasteiger charge is -2.29. The fourth-order valence-electron chi connectivity index (χ4n) is 4.54. The number of carbonyl (C=O) groups is 1. The fourth-order valence-corrected chi connectivity index (χ4v) is 4.54. The Bertz CT molecular complexity index is 1060. The minimum atomic E-state index is -1.73. The van der Waals surface area contributed by atoms with Crippen LogP contribution in [0.3, 0.4) is 0 Å². The maximum absolute atomic E-state index is 13.2. The molecule has 0 amide bonds. The molecule has 0 radical (unpaired) electrons. The Morgan fingerprint density at radius 3 is 2.57 bits per heavy atom. The van der Waals surface area contributed by atoms with Gasteiger partial charge >= 0.3 is 5.97 Å². The van der Waals surface area contributed by atoms with E-state index in [4.69, 9.17) is 33.2 Å². The summed E-state index contributed by atoms with van der Waals surface area (Å²) >= 11 is 0. The minimum absolute atomic E-state index is 0.145. The summed E-state index contributed by atoms with van der Waals surface area (Å²) in [6.45, 7) is 13.1. The molecule has 1 N–H and O–H groups in total. The number of rotatable bonds is 9. The van der Waals surface area contributed by atoms with Crippen molar-refractivity contribution in [2.75, 3.05) is 13.2 Å². The average molecular weight is 524 g/mol. The van der Waals surface area contributed by atoms with Gasteiger partial charge in [-0.05, 0) is 46.2 Å². The highest BCUT2D eigenvalue weighted by molar-refractivity contribution is 5.89. The predicted molar refractivity (Wildman–Crippen MR) is 126 cm³/mol. The molecule has 0 unspecified atom stereocenters. The van der Waals surface area contributed by atoms with Crippen molar-refractivity contribution in [2.24, 2.45) is 0 Å². The predicted octanol–water partition coefficient (Wildman–Crippen LogP) is 2.91. The van der Waals surface area contributed by atoms with E-state index in [0.29, 0.717) is 12.4 Å². The van der Waals surface area contributed by atoms with Gasteiger partial charge in [-0.1, -0.05) is 13.5 Å². The number of nitro benzene ring substituents is 1. The molecule has 6 atom stereocenters. The van der Waals surface area contributed by atoms with E-state index in [2.05, 4.69) is 6.58 Å². The van der Waals surface area contributed by atoms with Gasteiger partial charge < -0.3 is 38.3 Å². The number of fused-ring (bicyclic) bond motifs is 1. The smallest absolute Gasteiger partial charge is 0.336 e. The average Bonchev–Trinajstić information content (AvgIpc) is 3.45. The lowest BCUT2D eigenvalue weighted by atomic mass is 10.00. The van der Waals surface area contributed by atoms with Crippen molar-refractivity contribution in [3.8, 4) is 5.75 Å². The van der Waals surface area contributed by atoms with Crippen LogP contribution >= 0.6 is 0 Å². The molecule has 12 heteroatoms. The van der Waals surface area contributed by atoms with E-state index in [1.165, 1.54) is 18.2 Å². The summed E-state index contributed by atoms with van der Waals surface area (Å²) in [7, 11) is 0. The lowest BCUT2D eigenvalue weighted by Crippen LogP contribution is -2.45. The first-order chi connectivity index (χ1) is 17.3. The first-order valence-electron chi connectivity index (χ1n) is 12.1. The molecule has 0 bridgehead atoms. The van der Waals surface area contributed by atoms with Gasteiger partial charge in [0.25, 0.3) is 5.69 Å². The second-order valence-corrected chi connectivity index (χ2v) is 10.1. The number of aliphatic hydroxyl groups excluding tert-OH is 1. The number of nitro groups is 1. The standard InChI is InChI=1S/C25H33NO11/c1-7-10-31-14-8-9-16(26(29)30)15(11-14)18(27)13(2)22(28)33-20-19(17-12-32-24(3,4)35-17)34-23-21(20)36-25(5,6)37-23/h8-9,11,17-21,23,27H,2,7,10,12H2,1,3-6H3/t17-,18+,19-,20+,21-,23-/m1/s1. The van der Waals surface area contributed by atoms with Gasteiger partial charge in [0.1, 0.15) is 24.1 Å². The van der Waals surface area contributed by atoms with Crippen LogP contribution in [-0.4, -0.2) is 71.5 Å². The van der Waals surface area contributed by atoms with Gasteiger partial charge in [-0.2, -0.15) is 0 Å². The molecule has 0 spiro atoms. The first kappa shape index (κ1) is 27.4. The van der Waals surface area contributed by atoms with Crippen LogP contribution < -0.4 is 4.74 Å². The Balaban J connectivity index is 1.54. The van der Waals surface area contributed by atoms with Crippen LogP contribution in [-0.2, 0) is 33.2 Å². The van der Waals surface area contributed by atoms with E-state index < -0.39 is 64.8 Å². The van der Waals surface area contributed by atoms with E-state index in [9.17, 15) is 20.0 Å². The number of hydrogen-bond donors (Lipinski definition) is 1. The zero-order valence-electron chi connectivity index (χ0n) is 21.5. The van der Waals surface area contributed by atoms with Crippen LogP contribution in [0, 0.1) is 10.1 Å². The normalized spacial score (nSPS) is 30.5. The SMILES string of the molecule is C=C(C(=O)O[C@@H]1[C@H]2OC(C)(C)O[C@H]2O[C@@H]1[C@H]1COC(C)(C)O1)[C@H](O)c1cc(OCCC)ccc1[N+](=O)[O-]. The molecule has 4 rings (SSSR count). The Morgan fingerprint density at radius 1 is 1.22 bits per heavy atom. The molecule has 3 heterocycles. The van der Waals surface area contributed by atoms with Crippen molar-refractivity contribution in [2.45, 2.75) is 89.4 Å². The maximum atomic E-state index is 13.2. The number of hydrogen-bond acceptors (Lipinski definition) is 11. The van der Waals surface area contributed by atoms with Crippen LogP contribution in [0.2, 0.25) is 0 Å². The van der Waals surface area contributed by atoms with Gasteiger partial charge in [0.15, 0.2) is 30.1 Å². The molecule has 0 aliphatic carbocycles. The molecular weight excluding hydrogens is 490 g/mol. The van der Waals surface area contributed by atoms with Crippen molar-refractivity contribution in [3.05, 3.63) is 46.0 Å². The zero-order chi connectivity index (χ0) is 27.1. The summed E-state index contributed by atoms with van der Waals surface area (Å²) in [5.41, 5.74) is -0.936. The summed E-state index contributed by atoms with van der Waals surface area (Å²) < 4.78 is 40.6. The Morgan fingerprint density at radius 2 is 1.95 bits per heavy atom. The molecule has 0 aromatic heterocycles. The van der Waals surface area contributed by atoms with E-state index in [0.717, 1.165) is 6.42 Å². The van der Waals surface area contributed by atoms with Crippen molar-refractivity contribution in [3.63, 3.8) is 0 Å². The molecule has 37 heavy (non-hydrogen) atoms. The highest BCUT2D eigenvalue weighted by atomic mass is 16.9. The van der Waals surface area contributed by atoms with Crippen LogP contribution in [0.5, 0.6) is 5.75 Å². The quantitative estimate of drug-likeness (QED) is 0.221. The summed E-state index contributed by atoms with van der Waals surface area (Å²) in [5, 5.41) is 22.5. The van der Waals surface area contributed by atoms with Crippen LogP contribution in [0.15, 0.2) is 30.4 Å². The molecule has 0 saturated carbocycles. The summed E-state index contributed by atoms with van der Waals surface area (Å²) in [6.07, 6.45) is -4.96. The number of esters is 1. The number of carbonyl (C=O) groups excluding carboxylic acids is 1. The monoisotopic (exact) mass is 523 g/mol. The topological polar surface area (TPSA) is 145 Å². The van der Waals surface area contributed by atoms with Gasteiger partial charge in [0.05, 0.1) is 29.3 Å². The van der Waals surface area contributed by atoms with Gasteiger partial charge in [-0.15, -0.1) is 0 Å². The molecule has 3 saturated heterocycles. The van der Waals surface area contributed by atoms with Crippen molar-refractivity contribution < 1.29 is 48.0 Å². The molecule has 3 aliphatic rings. The van der Waals surface area contributed by atoms with Crippen molar-refractivity contribution >= 4 is 11.7 Å². The van der Waals surface area contributed by atoms with E-state index in [-0.39, 0.29) is 17.9 Å². The summed E-state index contributed by atoms with van der Waals surface area (Å²) in [6, 6.07) is 3.95. The number of benzene rings is 1. The number of aliphatic hydroxyl groups is 1. The molecule has 3 fully saturated rings. The lowest BCUT2D eigenvalue weighted by molar-refractivity contribution is -0.386. The van der Waals surface area contributed by atoms with Crippen LogP contribution in [0.4, 0.5) is 5.69 Å². The van der Waals surface area contributed by atoms with Gasteiger partial charge in [-0.3, -0.25) is 10.1 Å². The molecule has 204 valence electrons. The molecule has 1 aromatic rings. The molecular formula is C25H33NO11. The third-order valence-corrected chi connectivity index (χ3v) is 6.22. The van der Waals surface area contributed by atoms with Gasteiger partial charge in [0.2, 0.25) is 0 Å². The Labute approximate surface area is 214 Å². The van der Waals surface area contributed by atoms with Crippen LogP contribution in [0.1, 0.15) is 52.7 Å². The number of ether oxygens (including phenoxy) is 7. The second kappa shape index (κ2) is 10.3. The van der Waals surface area contributed by atoms with Gasteiger partial charge in [-0.25, -0.2) is 4.79 Å². The van der Waals surface area contributed by atoms with Gasteiger partial charge in [0, 0.05) is 6.07 Å². The summed E-state index contributed by atoms with van der Waals surface area (Å²) in [5.74, 6) is -2.50. The van der Waals surface area contributed by atoms with E-state index in [1.807, 2.05) is 6.92 Å². The third kappa shape index (κ3) is 5.79. The van der Waals surface area contributed by atoms with E-state index in [1.54, 1.807) is 27.7 Å².